The fraction of sp³-hybridized carbons (Fsp3) is 0.421. The zero-order chi connectivity index (χ0) is 21.8. The zero-order valence-corrected chi connectivity index (χ0v) is 17.4. The molecule has 10 nitrogen and oxygen atoms in total. The first-order chi connectivity index (χ1) is 14.3. The fourth-order valence-electron chi connectivity index (χ4n) is 3.32. The average Bonchev–Trinajstić information content (AvgIpc) is 3.01. The van der Waals surface area contributed by atoms with Crippen molar-refractivity contribution in [2.75, 3.05) is 33.9 Å². The van der Waals surface area contributed by atoms with Gasteiger partial charge in [0.1, 0.15) is 12.3 Å². The van der Waals surface area contributed by atoms with Crippen molar-refractivity contribution in [1.29, 1.82) is 0 Å². The molecule has 2 aliphatic heterocycles. The Balaban J connectivity index is 1.85. The summed E-state index contributed by atoms with van der Waals surface area (Å²) >= 11 is 0.680. The lowest BCUT2D eigenvalue weighted by atomic mass is 10.1. The van der Waals surface area contributed by atoms with Gasteiger partial charge in [-0.25, -0.2) is 0 Å². The summed E-state index contributed by atoms with van der Waals surface area (Å²) in [5, 5.41) is 10.7. The Morgan fingerprint density at radius 3 is 2.43 bits per heavy atom. The van der Waals surface area contributed by atoms with Gasteiger partial charge in [-0.3, -0.25) is 29.4 Å². The lowest BCUT2D eigenvalue weighted by Gasteiger charge is -2.27. The molecule has 11 heteroatoms. The highest BCUT2D eigenvalue weighted by Crippen LogP contribution is 2.38. The number of carbonyl (C=O) groups excluding carboxylic acids is 3. The largest absolute Gasteiger partial charge is 0.496 e. The van der Waals surface area contributed by atoms with Crippen LogP contribution in [0.15, 0.2) is 17.0 Å². The van der Waals surface area contributed by atoms with Crippen molar-refractivity contribution in [1.82, 2.24) is 9.80 Å². The van der Waals surface area contributed by atoms with Crippen molar-refractivity contribution in [3.63, 3.8) is 0 Å². The van der Waals surface area contributed by atoms with E-state index in [4.69, 9.17) is 9.47 Å². The highest BCUT2D eigenvalue weighted by atomic mass is 32.2. The molecule has 30 heavy (non-hydrogen) atoms. The van der Waals surface area contributed by atoms with E-state index in [0.29, 0.717) is 24.9 Å². The molecular formula is C19H21N3O7S. The van der Waals surface area contributed by atoms with Crippen LogP contribution in [0.1, 0.15) is 24.8 Å². The lowest BCUT2D eigenvalue weighted by molar-refractivity contribution is -0.385. The molecule has 0 bridgehead atoms. The molecule has 0 unspecified atom stereocenters. The molecule has 1 aromatic rings. The number of nitro benzene ring substituents is 1. The molecule has 0 atom stereocenters. The van der Waals surface area contributed by atoms with Crippen molar-refractivity contribution in [3.8, 4) is 11.5 Å². The van der Waals surface area contributed by atoms with Gasteiger partial charge in [0.25, 0.3) is 11.1 Å². The first-order valence-corrected chi connectivity index (χ1v) is 10.1. The molecule has 2 fully saturated rings. The molecule has 160 valence electrons. The summed E-state index contributed by atoms with van der Waals surface area (Å²) in [5.74, 6) is -0.630. The van der Waals surface area contributed by atoms with Gasteiger partial charge in [-0.05, 0) is 37.1 Å². The molecular weight excluding hydrogens is 414 g/mol. The summed E-state index contributed by atoms with van der Waals surface area (Å²) in [4.78, 5) is 50.8. The SMILES string of the molecule is COc1cc(OC)c([N+](=O)[O-])cc1/C=C1\SC(=O)N(CC(=O)N2CCCCC2)C1=O. The summed E-state index contributed by atoms with van der Waals surface area (Å²) in [6.07, 6.45) is 4.22. The molecule has 3 amide bonds. The van der Waals surface area contributed by atoms with Crippen molar-refractivity contribution in [3.05, 3.63) is 32.7 Å². The number of amides is 3. The first-order valence-electron chi connectivity index (χ1n) is 9.29. The normalized spacial score (nSPS) is 18.1. The van der Waals surface area contributed by atoms with E-state index in [9.17, 15) is 24.5 Å². The van der Waals surface area contributed by atoms with E-state index in [2.05, 4.69) is 0 Å². The minimum absolute atomic E-state index is 0.00855. The Hall–Kier alpha value is -3.08. The van der Waals surface area contributed by atoms with Crippen molar-refractivity contribution < 1.29 is 28.8 Å². The molecule has 2 heterocycles. The van der Waals surface area contributed by atoms with E-state index in [1.54, 1.807) is 4.90 Å². The van der Waals surface area contributed by atoms with Crippen LogP contribution in [0.3, 0.4) is 0 Å². The number of piperidine rings is 1. The summed E-state index contributed by atoms with van der Waals surface area (Å²) in [5.41, 5.74) is -0.0538. The Kier molecular flexibility index (Phi) is 6.60. The third-order valence-electron chi connectivity index (χ3n) is 4.89. The molecule has 3 rings (SSSR count). The van der Waals surface area contributed by atoms with Gasteiger partial charge >= 0.3 is 5.69 Å². The van der Waals surface area contributed by atoms with Crippen molar-refractivity contribution in [2.24, 2.45) is 0 Å². The molecule has 0 N–H and O–H groups in total. The van der Waals surface area contributed by atoms with Gasteiger partial charge in [0.05, 0.1) is 24.0 Å². The Labute approximate surface area is 176 Å². The van der Waals surface area contributed by atoms with E-state index in [1.807, 2.05) is 0 Å². The summed E-state index contributed by atoms with van der Waals surface area (Å²) in [6.45, 7) is 0.928. The second-order valence-electron chi connectivity index (χ2n) is 6.73. The molecule has 2 aliphatic rings. The van der Waals surface area contributed by atoms with Crippen LogP contribution in [-0.2, 0) is 9.59 Å². The number of likely N-dealkylation sites (tertiary alicyclic amines) is 1. The highest BCUT2D eigenvalue weighted by Gasteiger charge is 2.37. The van der Waals surface area contributed by atoms with Gasteiger partial charge in [-0.2, -0.15) is 0 Å². The summed E-state index contributed by atoms with van der Waals surface area (Å²) in [7, 11) is 2.67. The molecule has 0 aromatic heterocycles. The third-order valence-corrected chi connectivity index (χ3v) is 5.80. The summed E-state index contributed by atoms with van der Waals surface area (Å²) in [6, 6.07) is 2.55. The smallest absolute Gasteiger partial charge is 0.311 e. The maximum Gasteiger partial charge on any atom is 0.311 e. The molecule has 0 radical (unpaired) electrons. The Bertz CT molecular complexity index is 925. The second-order valence-corrected chi connectivity index (χ2v) is 7.73. The standard InChI is InChI=1S/C19H21N3O7S/c1-28-14-10-15(29-2)13(22(26)27)8-12(14)9-16-18(24)21(19(25)30-16)11-17(23)20-6-4-3-5-7-20/h8-10H,3-7,11H2,1-2H3/b16-9-. The Morgan fingerprint density at radius 2 is 1.83 bits per heavy atom. The topological polar surface area (TPSA) is 119 Å². The van der Waals surface area contributed by atoms with Gasteiger partial charge in [0.2, 0.25) is 11.7 Å². The van der Waals surface area contributed by atoms with Crippen LogP contribution in [0.5, 0.6) is 11.5 Å². The first kappa shape index (κ1) is 21.6. The molecule has 1 aromatic carbocycles. The maximum absolute atomic E-state index is 12.7. The van der Waals surface area contributed by atoms with Gasteiger partial charge < -0.3 is 14.4 Å². The predicted molar refractivity (Wildman–Crippen MR) is 109 cm³/mol. The van der Waals surface area contributed by atoms with E-state index in [0.717, 1.165) is 24.2 Å². The van der Waals surface area contributed by atoms with Crippen molar-refractivity contribution >= 4 is 40.6 Å². The second kappa shape index (κ2) is 9.16. The highest BCUT2D eigenvalue weighted by molar-refractivity contribution is 8.18. The van der Waals surface area contributed by atoms with Crippen LogP contribution < -0.4 is 9.47 Å². The van der Waals surface area contributed by atoms with Gasteiger partial charge in [-0.15, -0.1) is 0 Å². The number of benzene rings is 1. The van der Waals surface area contributed by atoms with Crippen LogP contribution in [0.2, 0.25) is 0 Å². The van der Waals surface area contributed by atoms with Crippen LogP contribution in [-0.4, -0.2) is 65.6 Å². The fourth-order valence-corrected chi connectivity index (χ4v) is 4.15. The number of nitro groups is 1. The molecule has 0 aliphatic carbocycles. The number of hydrogen-bond donors (Lipinski definition) is 0. The number of thioether (sulfide) groups is 1. The quantitative estimate of drug-likeness (QED) is 0.380. The van der Waals surface area contributed by atoms with Crippen LogP contribution in [0, 0.1) is 10.1 Å². The predicted octanol–water partition coefficient (Wildman–Crippen LogP) is 2.66. The lowest BCUT2D eigenvalue weighted by Crippen LogP contribution is -2.44. The monoisotopic (exact) mass is 435 g/mol. The molecule has 2 saturated heterocycles. The number of hydrogen-bond acceptors (Lipinski definition) is 8. The number of methoxy groups -OCH3 is 2. The van der Waals surface area contributed by atoms with Crippen LogP contribution in [0.25, 0.3) is 6.08 Å². The minimum Gasteiger partial charge on any atom is -0.496 e. The number of nitrogens with zero attached hydrogens (tertiary/aromatic N) is 3. The van der Waals surface area contributed by atoms with Crippen LogP contribution >= 0.6 is 11.8 Å². The van der Waals surface area contributed by atoms with E-state index in [-0.39, 0.29) is 40.1 Å². The van der Waals surface area contributed by atoms with Gasteiger partial charge in [-0.1, -0.05) is 0 Å². The zero-order valence-electron chi connectivity index (χ0n) is 16.6. The van der Waals surface area contributed by atoms with E-state index >= 15 is 0 Å². The molecule has 0 spiro atoms. The Morgan fingerprint density at radius 1 is 1.17 bits per heavy atom. The van der Waals surface area contributed by atoms with E-state index in [1.165, 1.54) is 32.4 Å². The van der Waals surface area contributed by atoms with Gasteiger partial charge in [0, 0.05) is 30.8 Å². The average molecular weight is 435 g/mol. The van der Waals surface area contributed by atoms with Crippen molar-refractivity contribution in [2.45, 2.75) is 19.3 Å². The number of ether oxygens (including phenoxy) is 2. The number of imide groups is 1. The van der Waals surface area contributed by atoms with Crippen LogP contribution in [0.4, 0.5) is 10.5 Å². The molecule has 0 saturated carbocycles. The number of carbonyl (C=O) groups is 3. The summed E-state index contributed by atoms with van der Waals surface area (Å²) < 4.78 is 10.3. The maximum atomic E-state index is 12.7. The van der Waals surface area contributed by atoms with Gasteiger partial charge in [0.15, 0.2) is 0 Å². The minimum atomic E-state index is -0.615. The van der Waals surface area contributed by atoms with E-state index < -0.39 is 16.1 Å². The number of rotatable bonds is 6. The third kappa shape index (κ3) is 4.40.